The van der Waals surface area contributed by atoms with Crippen LogP contribution in [0.4, 0.5) is 0 Å². The Bertz CT molecular complexity index is 940. The maximum atomic E-state index is 12.7. The van der Waals surface area contributed by atoms with Gasteiger partial charge in [-0.2, -0.15) is 0 Å². The van der Waals surface area contributed by atoms with Crippen LogP contribution >= 0.6 is 0 Å². The van der Waals surface area contributed by atoms with Crippen molar-refractivity contribution in [3.63, 3.8) is 0 Å². The van der Waals surface area contributed by atoms with E-state index in [4.69, 9.17) is 0 Å². The smallest absolute Gasteiger partial charge is 0.251 e. The summed E-state index contributed by atoms with van der Waals surface area (Å²) in [5.41, 5.74) is 2.77. The maximum absolute atomic E-state index is 12.7. The summed E-state index contributed by atoms with van der Waals surface area (Å²) in [5.74, 6) is 0.103. The number of hydrogen-bond donors (Lipinski definition) is 2. The normalized spacial score (nSPS) is 15.0. The third-order valence-corrected chi connectivity index (χ3v) is 5.24. The van der Waals surface area contributed by atoms with Gasteiger partial charge in [-0.25, -0.2) is 0 Å². The quantitative estimate of drug-likeness (QED) is 0.750. The number of hydrogen-bond acceptors (Lipinski definition) is 2. The molecule has 2 amide bonds. The van der Waals surface area contributed by atoms with Crippen molar-refractivity contribution in [3.05, 3.63) is 71.9 Å². The summed E-state index contributed by atoms with van der Waals surface area (Å²) in [6, 6.07) is 17.4. The fraction of sp³-hybridized carbons (Fsp3) is 0.273. The first-order chi connectivity index (χ1) is 13.2. The van der Waals surface area contributed by atoms with Crippen LogP contribution in [0.1, 0.15) is 28.8 Å². The van der Waals surface area contributed by atoms with Gasteiger partial charge in [0.15, 0.2) is 0 Å². The predicted octanol–water partition coefficient (Wildman–Crippen LogP) is 3.13. The Kier molecular flexibility index (Phi) is 4.92. The fourth-order valence-electron chi connectivity index (χ4n) is 3.68. The lowest BCUT2D eigenvalue weighted by molar-refractivity contribution is -0.131. The highest BCUT2D eigenvalue weighted by Gasteiger charge is 2.24. The van der Waals surface area contributed by atoms with Crippen molar-refractivity contribution in [1.29, 1.82) is 0 Å². The van der Waals surface area contributed by atoms with Gasteiger partial charge in [-0.05, 0) is 36.6 Å². The number of H-pyrrole nitrogens is 1. The molecule has 0 aliphatic carbocycles. The lowest BCUT2D eigenvalue weighted by Gasteiger charge is -2.32. The molecule has 2 aromatic carbocycles. The van der Waals surface area contributed by atoms with Crippen LogP contribution in [0.3, 0.4) is 0 Å². The number of piperidine rings is 1. The van der Waals surface area contributed by atoms with E-state index in [-0.39, 0.29) is 17.9 Å². The number of rotatable bonds is 4. The topological polar surface area (TPSA) is 65.2 Å². The van der Waals surface area contributed by atoms with Gasteiger partial charge in [-0.15, -0.1) is 0 Å². The molecule has 3 aromatic rings. The fourth-order valence-corrected chi connectivity index (χ4v) is 3.68. The number of amides is 2. The van der Waals surface area contributed by atoms with Gasteiger partial charge in [0, 0.05) is 41.8 Å². The number of nitrogens with zero attached hydrogens (tertiary/aromatic N) is 1. The van der Waals surface area contributed by atoms with E-state index in [1.54, 1.807) is 0 Å². The lowest BCUT2D eigenvalue weighted by Crippen LogP contribution is -2.46. The van der Waals surface area contributed by atoms with E-state index in [0.717, 1.165) is 29.3 Å². The monoisotopic (exact) mass is 361 g/mol. The maximum Gasteiger partial charge on any atom is 0.251 e. The molecule has 0 spiro atoms. The first-order valence-corrected chi connectivity index (χ1v) is 9.39. The van der Waals surface area contributed by atoms with Gasteiger partial charge in [0.25, 0.3) is 5.91 Å². The molecule has 0 atom stereocenters. The second-order valence-corrected chi connectivity index (χ2v) is 7.03. The van der Waals surface area contributed by atoms with Crippen molar-refractivity contribution < 1.29 is 9.59 Å². The van der Waals surface area contributed by atoms with Crippen molar-refractivity contribution in [2.45, 2.75) is 25.3 Å². The molecule has 0 radical (unpaired) electrons. The number of carbonyl (C=O) groups excluding carboxylic acids is 2. The number of aromatic nitrogens is 1. The Morgan fingerprint density at radius 3 is 2.48 bits per heavy atom. The van der Waals surface area contributed by atoms with Crippen LogP contribution in [0.25, 0.3) is 10.9 Å². The molecule has 1 saturated heterocycles. The second kappa shape index (κ2) is 7.66. The highest BCUT2D eigenvalue weighted by molar-refractivity contribution is 5.94. The van der Waals surface area contributed by atoms with Crippen molar-refractivity contribution in [1.82, 2.24) is 15.2 Å². The van der Waals surface area contributed by atoms with Gasteiger partial charge in [0.1, 0.15) is 0 Å². The molecule has 27 heavy (non-hydrogen) atoms. The van der Waals surface area contributed by atoms with E-state index >= 15 is 0 Å². The van der Waals surface area contributed by atoms with E-state index in [2.05, 4.69) is 10.3 Å². The number of likely N-dealkylation sites (tertiary alicyclic amines) is 1. The van der Waals surface area contributed by atoms with Gasteiger partial charge in [0.2, 0.25) is 5.91 Å². The van der Waals surface area contributed by atoms with Crippen molar-refractivity contribution in [2.75, 3.05) is 13.1 Å². The second-order valence-electron chi connectivity index (χ2n) is 7.03. The highest BCUT2D eigenvalue weighted by Crippen LogP contribution is 2.20. The van der Waals surface area contributed by atoms with Crippen molar-refractivity contribution in [3.8, 4) is 0 Å². The van der Waals surface area contributed by atoms with Crippen LogP contribution in [0.15, 0.2) is 60.8 Å². The molecular weight excluding hydrogens is 338 g/mol. The molecule has 2 N–H and O–H groups in total. The van der Waals surface area contributed by atoms with Gasteiger partial charge < -0.3 is 15.2 Å². The number of carbonyl (C=O) groups is 2. The standard InChI is InChI=1S/C22H23N3O2/c26-21(14-17-15-23-20-9-5-4-8-19(17)20)25-12-10-18(11-13-25)24-22(27)16-6-2-1-3-7-16/h1-9,15,18,23H,10-14H2,(H,24,27). The van der Waals surface area contributed by atoms with E-state index in [0.29, 0.717) is 25.1 Å². The summed E-state index contributed by atoms with van der Waals surface area (Å²) in [6.45, 7) is 1.36. The minimum Gasteiger partial charge on any atom is -0.361 e. The molecule has 138 valence electrons. The Labute approximate surface area is 158 Å². The van der Waals surface area contributed by atoms with E-state index < -0.39 is 0 Å². The number of para-hydroxylation sites is 1. The summed E-state index contributed by atoms with van der Waals surface area (Å²) >= 11 is 0. The molecule has 1 fully saturated rings. The number of benzene rings is 2. The summed E-state index contributed by atoms with van der Waals surface area (Å²) in [6.07, 6.45) is 3.91. The molecule has 1 aromatic heterocycles. The molecule has 0 saturated carbocycles. The molecule has 1 aliphatic rings. The Morgan fingerprint density at radius 1 is 1.00 bits per heavy atom. The van der Waals surface area contributed by atoms with E-state index in [1.165, 1.54) is 0 Å². The molecule has 5 heteroatoms. The Balaban J connectivity index is 1.31. The number of nitrogens with one attached hydrogen (secondary N) is 2. The van der Waals surface area contributed by atoms with Crippen molar-refractivity contribution in [2.24, 2.45) is 0 Å². The van der Waals surface area contributed by atoms with Crippen molar-refractivity contribution >= 4 is 22.7 Å². The van der Waals surface area contributed by atoms with Gasteiger partial charge in [-0.3, -0.25) is 9.59 Å². The minimum atomic E-state index is -0.0424. The first-order valence-electron chi connectivity index (χ1n) is 9.39. The zero-order valence-electron chi connectivity index (χ0n) is 15.2. The molecule has 1 aliphatic heterocycles. The van der Waals surface area contributed by atoms with Crippen LogP contribution in [0.5, 0.6) is 0 Å². The average Bonchev–Trinajstić information content (AvgIpc) is 3.12. The molecule has 4 rings (SSSR count). The van der Waals surface area contributed by atoms with E-state index in [1.807, 2.05) is 65.7 Å². The predicted molar refractivity (Wildman–Crippen MR) is 106 cm³/mol. The van der Waals surface area contributed by atoms with E-state index in [9.17, 15) is 9.59 Å². The van der Waals surface area contributed by atoms with Crippen LogP contribution < -0.4 is 5.32 Å². The highest BCUT2D eigenvalue weighted by atomic mass is 16.2. The van der Waals surface area contributed by atoms with Gasteiger partial charge >= 0.3 is 0 Å². The average molecular weight is 361 g/mol. The number of aromatic amines is 1. The largest absolute Gasteiger partial charge is 0.361 e. The van der Waals surface area contributed by atoms with Crippen LogP contribution in [0.2, 0.25) is 0 Å². The van der Waals surface area contributed by atoms with Gasteiger partial charge in [-0.1, -0.05) is 36.4 Å². The molecule has 0 bridgehead atoms. The Morgan fingerprint density at radius 2 is 1.70 bits per heavy atom. The van der Waals surface area contributed by atoms with Crippen LogP contribution in [-0.2, 0) is 11.2 Å². The third kappa shape index (κ3) is 3.87. The van der Waals surface area contributed by atoms with Crippen LogP contribution in [-0.4, -0.2) is 40.8 Å². The minimum absolute atomic E-state index is 0.0424. The summed E-state index contributed by atoms with van der Waals surface area (Å²) < 4.78 is 0. The summed E-state index contributed by atoms with van der Waals surface area (Å²) in [4.78, 5) is 30.1. The Hall–Kier alpha value is -3.08. The zero-order valence-corrected chi connectivity index (χ0v) is 15.2. The third-order valence-electron chi connectivity index (χ3n) is 5.24. The summed E-state index contributed by atoms with van der Waals surface area (Å²) in [5, 5.41) is 4.19. The molecular formula is C22H23N3O2. The summed E-state index contributed by atoms with van der Waals surface area (Å²) in [7, 11) is 0. The lowest BCUT2D eigenvalue weighted by atomic mass is 10.0. The SMILES string of the molecule is O=C(NC1CCN(C(=O)Cc2c[nH]c3ccccc23)CC1)c1ccccc1. The molecule has 2 heterocycles. The van der Waals surface area contributed by atoms with Crippen LogP contribution in [0, 0.1) is 0 Å². The first kappa shape index (κ1) is 17.3. The molecule has 0 unspecified atom stereocenters. The number of fused-ring (bicyclic) bond motifs is 1. The zero-order chi connectivity index (χ0) is 18.6. The van der Waals surface area contributed by atoms with Gasteiger partial charge in [0.05, 0.1) is 6.42 Å². The molecule has 5 nitrogen and oxygen atoms in total.